The minimum atomic E-state index is -0.347. The van der Waals surface area contributed by atoms with Gasteiger partial charge in [-0.25, -0.2) is 9.78 Å². The zero-order chi connectivity index (χ0) is 11.4. The third-order valence-electron chi connectivity index (χ3n) is 2.89. The molecule has 1 fully saturated rings. The highest BCUT2D eigenvalue weighted by Crippen LogP contribution is 2.21. The number of methoxy groups -OCH3 is 1. The summed E-state index contributed by atoms with van der Waals surface area (Å²) in [5.74, 6) is 0.486. The molecule has 1 aliphatic rings. The first-order valence-corrected chi connectivity index (χ1v) is 5.60. The first kappa shape index (κ1) is 10.9. The van der Waals surface area contributed by atoms with Crippen molar-refractivity contribution < 1.29 is 9.53 Å². The van der Waals surface area contributed by atoms with Crippen molar-refractivity contribution in [1.82, 2.24) is 4.98 Å². The van der Waals surface area contributed by atoms with E-state index in [2.05, 4.69) is 15.0 Å². The molecule has 86 valence electrons. The number of esters is 1. The van der Waals surface area contributed by atoms with Crippen LogP contribution in [0.1, 0.15) is 36.0 Å². The van der Waals surface area contributed by atoms with Gasteiger partial charge >= 0.3 is 5.97 Å². The number of aromatic nitrogens is 1. The summed E-state index contributed by atoms with van der Waals surface area (Å²) in [5, 5.41) is 3.36. The normalized spacial score (nSPS) is 16.1. The van der Waals surface area contributed by atoms with Crippen LogP contribution >= 0.6 is 0 Å². The summed E-state index contributed by atoms with van der Waals surface area (Å²) >= 11 is 0. The molecule has 0 radical (unpaired) electrons. The first-order chi connectivity index (χ1) is 7.79. The Labute approximate surface area is 95.0 Å². The number of hydrogen-bond acceptors (Lipinski definition) is 4. The van der Waals surface area contributed by atoms with Crippen LogP contribution in [-0.4, -0.2) is 24.1 Å². The van der Waals surface area contributed by atoms with Crippen molar-refractivity contribution in [3.8, 4) is 0 Å². The second-order valence-corrected chi connectivity index (χ2v) is 4.05. The lowest BCUT2D eigenvalue weighted by Crippen LogP contribution is -2.15. The van der Waals surface area contributed by atoms with Gasteiger partial charge < -0.3 is 10.1 Å². The number of hydrogen-bond donors (Lipinski definition) is 1. The van der Waals surface area contributed by atoms with E-state index < -0.39 is 0 Å². The average Bonchev–Trinajstić information content (AvgIpc) is 2.82. The summed E-state index contributed by atoms with van der Waals surface area (Å²) in [7, 11) is 1.37. The molecule has 4 heteroatoms. The molecule has 0 unspecified atom stereocenters. The second-order valence-electron chi connectivity index (χ2n) is 4.05. The Kier molecular flexibility index (Phi) is 3.39. The Morgan fingerprint density at radius 3 is 2.75 bits per heavy atom. The number of carbonyl (C=O) groups excluding carboxylic acids is 1. The van der Waals surface area contributed by atoms with Gasteiger partial charge in [-0.05, 0) is 25.0 Å². The van der Waals surface area contributed by atoms with Crippen LogP contribution in [0.5, 0.6) is 0 Å². The highest BCUT2D eigenvalue weighted by Gasteiger charge is 2.15. The standard InChI is InChI=1S/C12H16N2O2/c1-16-12(15)9-6-7-11(13-8-9)14-10-4-2-3-5-10/h6-8,10H,2-5H2,1H3,(H,13,14). The number of ether oxygens (including phenoxy) is 1. The van der Waals surface area contributed by atoms with Crippen molar-refractivity contribution in [3.63, 3.8) is 0 Å². The van der Waals surface area contributed by atoms with Gasteiger partial charge in [0.1, 0.15) is 5.82 Å². The molecule has 1 heterocycles. The number of carbonyl (C=O) groups is 1. The van der Waals surface area contributed by atoms with E-state index in [0.717, 1.165) is 5.82 Å². The van der Waals surface area contributed by atoms with E-state index in [1.807, 2.05) is 6.07 Å². The van der Waals surface area contributed by atoms with Gasteiger partial charge in [-0.15, -0.1) is 0 Å². The number of rotatable bonds is 3. The summed E-state index contributed by atoms with van der Waals surface area (Å²) < 4.78 is 4.61. The van der Waals surface area contributed by atoms with Crippen LogP contribution in [0.3, 0.4) is 0 Å². The van der Waals surface area contributed by atoms with Crippen molar-refractivity contribution in [1.29, 1.82) is 0 Å². The van der Waals surface area contributed by atoms with Gasteiger partial charge in [0.25, 0.3) is 0 Å². The molecule has 0 aliphatic heterocycles. The zero-order valence-electron chi connectivity index (χ0n) is 9.40. The average molecular weight is 220 g/mol. The van der Waals surface area contributed by atoms with E-state index in [4.69, 9.17) is 0 Å². The largest absolute Gasteiger partial charge is 0.465 e. The maximum atomic E-state index is 11.2. The van der Waals surface area contributed by atoms with Gasteiger partial charge in [-0.3, -0.25) is 0 Å². The molecule has 1 saturated carbocycles. The van der Waals surface area contributed by atoms with E-state index in [-0.39, 0.29) is 5.97 Å². The lowest BCUT2D eigenvalue weighted by atomic mass is 10.2. The number of anilines is 1. The summed E-state index contributed by atoms with van der Waals surface area (Å²) in [5.41, 5.74) is 0.486. The second kappa shape index (κ2) is 4.96. The van der Waals surface area contributed by atoms with Gasteiger partial charge in [-0.1, -0.05) is 12.8 Å². The molecule has 0 atom stereocenters. The third-order valence-corrected chi connectivity index (χ3v) is 2.89. The van der Waals surface area contributed by atoms with E-state index in [0.29, 0.717) is 11.6 Å². The summed E-state index contributed by atoms with van der Waals surface area (Å²) in [4.78, 5) is 15.4. The molecule has 16 heavy (non-hydrogen) atoms. The van der Waals surface area contributed by atoms with Gasteiger partial charge in [-0.2, -0.15) is 0 Å². The fourth-order valence-electron chi connectivity index (χ4n) is 2.00. The van der Waals surface area contributed by atoms with Crippen LogP contribution in [0, 0.1) is 0 Å². The minimum Gasteiger partial charge on any atom is -0.465 e. The first-order valence-electron chi connectivity index (χ1n) is 5.60. The van der Waals surface area contributed by atoms with Crippen LogP contribution in [0.15, 0.2) is 18.3 Å². The van der Waals surface area contributed by atoms with Crippen molar-refractivity contribution in [3.05, 3.63) is 23.9 Å². The van der Waals surface area contributed by atoms with Gasteiger partial charge in [0, 0.05) is 12.2 Å². The van der Waals surface area contributed by atoms with Crippen LogP contribution in [-0.2, 0) is 4.74 Å². The molecule has 1 aromatic rings. The van der Waals surface area contributed by atoms with E-state index in [1.165, 1.54) is 32.8 Å². The SMILES string of the molecule is COC(=O)c1ccc(NC2CCCC2)nc1. The fourth-order valence-corrected chi connectivity index (χ4v) is 2.00. The van der Waals surface area contributed by atoms with E-state index in [1.54, 1.807) is 12.3 Å². The summed E-state index contributed by atoms with van der Waals surface area (Å²) in [6, 6.07) is 4.09. The minimum absolute atomic E-state index is 0.347. The molecular formula is C12H16N2O2. The molecule has 0 bridgehead atoms. The molecular weight excluding hydrogens is 204 g/mol. The number of nitrogens with one attached hydrogen (secondary N) is 1. The Morgan fingerprint density at radius 1 is 1.44 bits per heavy atom. The van der Waals surface area contributed by atoms with Crippen molar-refractivity contribution >= 4 is 11.8 Å². The quantitative estimate of drug-likeness (QED) is 0.793. The molecule has 1 aromatic heterocycles. The topological polar surface area (TPSA) is 51.2 Å². The molecule has 0 saturated heterocycles. The maximum Gasteiger partial charge on any atom is 0.339 e. The smallest absolute Gasteiger partial charge is 0.339 e. The lowest BCUT2D eigenvalue weighted by Gasteiger charge is -2.12. The molecule has 2 rings (SSSR count). The van der Waals surface area contributed by atoms with Crippen molar-refractivity contribution in [2.75, 3.05) is 12.4 Å². The molecule has 1 aliphatic carbocycles. The van der Waals surface area contributed by atoms with Gasteiger partial charge in [0.15, 0.2) is 0 Å². The lowest BCUT2D eigenvalue weighted by molar-refractivity contribution is 0.0600. The van der Waals surface area contributed by atoms with Gasteiger partial charge in [0.05, 0.1) is 12.7 Å². The van der Waals surface area contributed by atoms with Crippen molar-refractivity contribution in [2.24, 2.45) is 0 Å². The Morgan fingerprint density at radius 2 is 2.19 bits per heavy atom. The number of nitrogens with zero attached hydrogens (tertiary/aromatic N) is 1. The molecule has 0 aromatic carbocycles. The van der Waals surface area contributed by atoms with E-state index >= 15 is 0 Å². The predicted molar refractivity (Wildman–Crippen MR) is 61.5 cm³/mol. The van der Waals surface area contributed by atoms with Crippen LogP contribution in [0.4, 0.5) is 5.82 Å². The van der Waals surface area contributed by atoms with E-state index in [9.17, 15) is 4.79 Å². The molecule has 0 spiro atoms. The van der Waals surface area contributed by atoms with Crippen LogP contribution in [0.25, 0.3) is 0 Å². The highest BCUT2D eigenvalue weighted by molar-refractivity contribution is 5.89. The fraction of sp³-hybridized carbons (Fsp3) is 0.500. The Bertz CT molecular complexity index is 356. The third kappa shape index (κ3) is 2.51. The summed E-state index contributed by atoms with van der Waals surface area (Å²) in [6.07, 6.45) is 6.54. The Balaban J connectivity index is 1.98. The van der Waals surface area contributed by atoms with Gasteiger partial charge in [0.2, 0.25) is 0 Å². The zero-order valence-corrected chi connectivity index (χ0v) is 9.40. The molecule has 4 nitrogen and oxygen atoms in total. The molecule has 0 amide bonds. The Hall–Kier alpha value is -1.58. The monoisotopic (exact) mass is 220 g/mol. The highest BCUT2D eigenvalue weighted by atomic mass is 16.5. The molecule has 1 N–H and O–H groups in total. The summed E-state index contributed by atoms with van der Waals surface area (Å²) in [6.45, 7) is 0. The predicted octanol–water partition coefficient (Wildman–Crippen LogP) is 2.22. The maximum absolute atomic E-state index is 11.2. The van der Waals surface area contributed by atoms with Crippen LogP contribution in [0.2, 0.25) is 0 Å². The number of pyridine rings is 1. The van der Waals surface area contributed by atoms with Crippen LogP contribution < -0.4 is 5.32 Å². The van der Waals surface area contributed by atoms with Crippen molar-refractivity contribution in [2.45, 2.75) is 31.7 Å².